The SMILES string of the molecule is CCO[Si](NCCCCCCN)(OCC)OCC. The van der Waals surface area contributed by atoms with Crippen LogP contribution in [-0.4, -0.2) is 41.9 Å². The molecule has 5 nitrogen and oxygen atoms in total. The van der Waals surface area contributed by atoms with Gasteiger partial charge in [0.05, 0.1) is 0 Å². The lowest BCUT2D eigenvalue weighted by atomic mass is 10.2. The zero-order valence-electron chi connectivity index (χ0n) is 12.2. The van der Waals surface area contributed by atoms with Crippen LogP contribution in [0.1, 0.15) is 46.5 Å². The van der Waals surface area contributed by atoms with Gasteiger partial charge in [-0.05, 0) is 46.7 Å². The molecule has 0 aromatic heterocycles. The van der Waals surface area contributed by atoms with Gasteiger partial charge < -0.3 is 19.0 Å². The molecule has 0 aliphatic carbocycles. The fourth-order valence-electron chi connectivity index (χ4n) is 1.71. The summed E-state index contributed by atoms with van der Waals surface area (Å²) in [6, 6.07) is 0. The standard InChI is InChI=1S/C12H30N2O3Si/c1-4-15-18(16-5-2,17-6-3)14-12-10-8-7-9-11-13/h14H,4-13H2,1-3H3. The Morgan fingerprint density at radius 2 is 1.33 bits per heavy atom. The van der Waals surface area contributed by atoms with Crippen molar-refractivity contribution in [2.75, 3.05) is 32.9 Å². The molecule has 0 saturated carbocycles. The van der Waals surface area contributed by atoms with Crippen LogP contribution in [0.4, 0.5) is 0 Å². The topological polar surface area (TPSA) is 65.7 Å². The minimum absolute atomic E-state index is 0.604. The lowest BCUT2D eigenvalue weighted by Crippen LogP contribution is -2.59. The number of rotatable bonds is 13. The zero-order chi connectivity index (χ0) is 13.7. The van der Waals surface area contributed by atoms with E-state index >= 15 is 0 Å². The lowest BCUT2D eigenvalue weighted by molar-refractivity contribution is 0.0598. The van der Waals surface area contributed by atoms with E-state index in [2.05, 4.69) is 4.98 Å². The van der Waals surface area contributed by atoms with Gasteiger partial charge >= 0.3 is 8.97 Å². The average Bonchev–Trinajstić information content (AvgIpc) is 2.35. The normalized spacial score (nSPS) is 12.0. The van der Waals surface area contributed by atoms with E-state index in [4.69, 9.17) is 19.0 Å². The Kier molecular flexibility index (Phi) is 12.1. The van der Waals surface area contributed by atoms with Crippen molar-refractivity contribution in [1.29, 1.82) is 0 Å². The highest BCUT2D eigenvalue weighted by Gasteiger charge is 2.40. The summed E-state index contributed by atoms with van der Waals surface area (Å²) in [4.78, 5) is 3.35. The van der Waals surface area contributed by atoms with Crippen LogP contribution in [0.2, 0.25) is 0 Å². The number of nitrogens with one attached hydrogen (secondary N) is 1. The Bertz CT molecular complexity index is 168. The Hall–Kier alpha value is 0.0169. The predicted molar refractivity (Wildman–Crippen MR) is 76.2 cm³/mol. The molecule has 0 saturated heterocycles. The summed E-state index contributed by atoms with van der Waals surface area (Å²) < 4.78 is 17.1. The van der Waals surface area contributed by atoms with E-state index in [1.54, 1.807) is 0 Å². The zero-order valence-corrected chi connectivity index (χ0v) is 13.2. The molecule has 0 aliphatic rings. The smallest absolute Gasteiger partial charge is 0.361 e. The van der Waals surface area contributed by atoms with Crippen molar-refractivity contribution in [2.24, 2.45) is 5.73 Å². The highest BCUT2D eigenvalue weighted by atomic mass is 28.4. The second kappa shape index (κ2) is 12.1. The van der Waals surface area contributed by atoms with Crippen LogP contribution >= 0.6 is 0 Å². The van der Waals surface area contributed by atoms with Gasteiger partial charge in [-0.3, -0.25) is 4.98 Å². The fourth-order valence-corrected chi connectivity index (χ4v) is 3.89. The maximum absolute atomic E-state index is 5.70. The lowest BCUT2D eigenvalue weighted by Gasteiger charge is -2.28. The molecule has 3 N–H and O–H groups in total. The maximum atomic E-state index is 5.70. The molecule has 0 bridgehead atoms. The molecule has 0 aromatic carbocycles. The second-order valence-corrected chi connectivity index (χ2v) is 6.32. The minimum atomic E-state index is -2.64. The Balaban J connectivity index is 3.97. The van der Waals surface area contributed by atoms with E-state index in [0.717, 1.165) is 25.9 Å². The molecular weight excluding hydrogens is 248 g/mol. The number of nitrogens with two attached hydrogens (primary N) is 1. The summed E-state index contributed by atoms with van der Waals surface area (Å²) in [5, 5.41) is 0. The first-order valence-corrected chi connectivity index (χ1v) is 8.84. The molecule has 18 heavy (non-hydrogen) atoms. The van der Waals surface area contributed by atoms with Crippen molar-refractivity contribution in [2.45, 2.75) is 46.5 Å². The third-order valence-corrected chi connectivity index (χ3v) is 5.16. The third kappa shape index (κ3) is 8.18. The van der Waals surface area contributed by atoms with Gasteiger partial charge in [0, 0.05) is 19.8 Å². The van der Waals surface area contributed by atoms with Crippen LogP contribution < -0.4 is 10.7 Å². The second-order valence-electron chi connectivity index (χ2n) is 3.98. The summed E-state index contributed by atoms with van der Waals surface area (Å²) in [6.45, 7) is 9.35. The molecule has 0 aromatic rings. The summed E-state index contributed by atoms with van der Waals surface area (Å²) >= 11 is 0. The van der Waals surface area contributed by atoms with Gasteiger partial charge in [0.1, 0.15) is 0 Å². The van der Waals surface area contributed by atoms with E-state index in [-0.39, 0.29) is 0 Å². The monoisotopic (exact) mass is 278 g/mol. The maximum Gasteiger partial charge on any atom is 0.596 e. The molecule has 0 rings (SSSR count). The summed E-state index contributed by atoms with van der Waals surface area (Å²) in [7, 11) is -2.64. The third-order valence-electron chi connectivity index (χ3n) is 2.48. The van der Waals surface area contributed by atoms with E-state index in [0.29, 0.717) is 19.8 Å². The average molecular weight is 278 g/mol. The van der Waals surface area contributed by atoms with E-state index in [1.165, 1.54) is 12.8 Å². The van der Waals surface area contributed by atoms with Gasteiger partial charge in [0.2, 0.25) is 0 Å². The van der Waals surface area contributed by atoms with Crippen molar-refractivity contribution in [1.82, 2.24) is 4.98 Å². The molecule has 110 valence electrons. The fraction of sp³-hybridized carbons (Fsp3) is 1.00. The van der Waals surface area contributed by atoms with Crippen LogP contribution in [0, 0.1) is 0 Å². The summed E-state index contributed by atoms with van der Waals surface area (Å²) in [5.74, 6) is 0. The van der Waals surface area contributed by atoms with Crippen LogP contribution in [0.5, 0.6) is 0 Å². The molecule has 0 fully saturated rings. The van der Waals surface area contributed by atoms with Crippen molar-refractivity contribution >= 4 is 8.97 Å². The first-order chi connectivity index (χ1) is 8.74. The van der Waals surface area contributed by atoms with Gasteiger partial charge in [-0.15, -0.1) is 0 Å². The van der Waals surface area contributed by atoms with Gasteiger partial charge in [-0.1, -0.05) is 12.8 Å². The molecule has 0 radical (unpaired) electrons. The first-order valence-electron chi connectivity index (χ1n) is 7.11. The number of unbranched alkanes of at least 4 members (excludes halogenated alkanes) is 3. The highest BCUT2D eigenvalue weighted by molar-refractivity contribution is 6.57. The number of hydrogen-bond donors (Lipinski definition) is 2. The van der Waals surface area contributed by atoms with E-state index in [9.17, 15) is 0 Å². The van der Waals surface area contributed by atoms with Crippen LogP contribution in [-0.2, 0) is 13.3 Å². The van der Waals surface area contributed by atoms with Crippen LogP contribution in [0.15, 0.2) is 0 Å². The Morgan fingerprint density at radius 3 is 1.78 bits per heavy atom. The molecule has 0 unspecified atom stereocenters. The largest absolute Gasteiger partial charge is 0.596 e. The van der Waals surface area contributed by atoms with Gasteiger partial charge in [0.25, 0.3) is 0 Å². The van der Waals surface area contributed by atoms with Crippen molar-refractivity contribution < 1.29 is 13.3 Å². The van der Waals surface area contributed by atoms with Gasteiger partial charge in [0.15, 0.2) is 0 Å². The van der Waals surface area contributed by atoms with E-state index < -0.39 is 8.97 Å². The quantitative estimate of drug-likeness (QED) is 0.396. The van der Waals surface area contributed by atoms with Crippen LogP contribution in [0.3, 0.4) is 0 Å². The van der Waals surface area contributed by atoms with Gasteiger partial charge in [-0.2, -0.15) is 0 Å². The van der Waals surface area contributed by atoms with Gasteiger partial charge in [-0.25, -0.2) is 0 Å². The Morgan fingerprint density at radius 1 is 0.833 bits per heavy atom. The van der Waals surface area contributed by atoms with E-state index in [1.807, 2.05) is 20.8 Å². The molecule has 0 spiro atoms. The predicted octanol–water partition coefficient (Wildman–Crippen LogP) is 1.64. The van der Waals surface area contributed by atoms with Crippen molar-refractivity contribution in [3.8, 4) is 0 Å². The highest BCUT2D eigenvalue weighted by Crippen LogP contribution is 2.07. The first kappa shape index (κ1) is 18.0. The Labute approximate surface area is 113 Å². The number of hydrogen-bond acceptors (Lipinski definition) is 5. The molecule has 0 amide bonds. The van der Waals surface area contributed by atoms with Crippen molar-refractivity contribution in [3.63, 3.8) is 0 Å². The minimum Gasteiger partial charge on any atom is -0.361 e. The summed E-state index contributed by atoms with van der Waals surface area (Å²) in [5.41, 5.74) is 5.46. The van der Waals surface area contributed by atoms with Crippen molar-refractivity contribution in [3.05, 3.63) is 0 Å². The molecule has 6 heteroatoms. The van der Waals surface area contributed by atoms with Crippen LogP contribution in [0.25, 0.3) is 0 Å². The molecule has 0 aliphatic heterocycles. The molecule has 0 heterocycles. The summed E-state index contributed by atoms with van der Waals surface area (Å²) in [6.07, 6.45) is 4.57. The molecular formula is C12H30N2O3Si. The molecule has 0 atom stereocenters.